The zero-order valence-electron chi connectivity index (χ0n) is 17.5. The van der Waals surface area contributed by atoms with Gasteiger partial charge in [-0.2, -0.15) is 0 Å². The highest BCUT2D eigenvalue weighted by Gasteiger charge is 2.37. The van der Waals surface area contributed by atoms with Crippen molar-refractivity contribution >= 4 is 11.3 Å². The Labute approximate surface area is 180 Å². The Morgan fingerprint density at radius 3 is 2.70 bits per heavy atom. The van der Waals surface area contributed by atoms with Crippen LogP contribution in [0.4, 0.5) is 8.78 Å². The molecule has 2 aliphatic rings. The number of nitrogens with zero attached hydrogens (tertiary/aromatic N) is 2. The number of aryl methyl sites for hydroxylation is 1. The molecule has 0 unspecified atom stereocenters. The minimum atomic E-state index is -0.926. The smallest absolute Gasteiger partial charge is 0.162 e. The Kier molecular flexibility index (Phi) is 6.70. The Morgan fingerprint density at radius 2 is 1.93 bits per heavy atom. The second-order valence-electron chi connectivity index (χ2n) is 8.61. The van der Waals surface area contributed by atoms with Gasteiger partial charge >= 0.3 is 0 Å². The maximum atomic E-state index is 13.4. The number of aliphatic hydroxyl groups is 1. The molecule has 1 atom stereocenters. The van der Waals surface area contributed by atoms with Crippen LogP contribution in [0.5, 0.6) is 5.75 Å². The SMILES string of the molecule is Cc1nc([C@]2(O)CCCN(C3CCCCC3)CC2)sc1COc1ccc(F)c(F)c1. The number of hydrogen-bond acceptors (Lipinski definition) is 5. The summed E-state index contributed by atoms with van der Waals surface area (Å²) < 4.78 is 32.1. The van der Waals surface area contributed by atoms with Crippen LogP contribution >= 0.6 is 11.3 Å². The van der Waals surface area contributed by atoms with E-state index in [9.17, 15) is 13.9 Å². The summed E-state index contributed by atoms with van der Waals surface area (Å²) in [5.74, 6) is -1.54. The van der Waals surface area contributed by atoms with Crippen molar-refractivity contribution in [3.05, 3.63) is 45.4 Å². The van der Waals surface area contributed by atoms with Gasteiger partial charge in [-0.1, -0.05) is 19.3 Å². The standard InChI is InChI=1S/C23H30F2N2O2S/c1-16-21(15-29-18-8-9-19(24)20(25)14-18)30-22(26-16)23(28)10-5-12-27(13-11-23)17-6-3-2-4-7-17/h8-9,14,17,28H,2-7,10-13,15H2,1H3/t23-/m0/s1. The van der Waals surface area contributed by atoms with E-state index in [4.69, 9.17) is 4.74 Å². The summed E-state index contributed by atoms with van der Waals surface area (Å²) in [6.45, 7) is 4.07. The van der Waals surface area contributed by atoms with Crippen LogP contribution in [0.15, 0.2) is 18.2 Å². The van der Waals surface area contributed by atoms with Gasteiger partial charge in [-0.3, -0.25) is 0 Å². The molecule has 30 heavy (non-hydrogen) atoms. The molecule has 1 aliphatic carbocycles. The first-order valence-corrected chi connectivity index (χ1v) is 11.8. The molecule has 1 aromatic heterocycles. The number of ether oxygens (including phenoxy) is 1. The fourth-order valence-electron chi connectivity index (χ4n) is 4.64. The van der Waals surface area contributed by atoms with Gasteiger partial charge in [0.2, 0.25) is 0 Å². The zero-order valence-corrected chi connectivity index (χ0v) is 18.3. The summed E-state index contributed by atoms with van der Waals surface area (Å²) in [6, 6.07) is 4.18. The maximum Gasteiger partial charge on any atom is 0.162 e. The summed E-state index contributed by atoms with van der Waals surface area (Å²) in [4.78, 5) is 8.14. The van der Waals surface area contributed by atoms with Crippen LogP contribution in [-0.2, 0) is 12.2 Å². The highest BCUT2D eigenvalue weighted by molar-refractivity contribution is 7.11. The lowest BCUT2D eigenvalue weighted by Gasteiger charge is -2.33. The number of hydrogen-bond donors (Lipinski definition) is 1. The minimum Gasteiger partial charge on any atom is -0.488 e. The third-order valence-corrected chi connectivity index (χ3v) is 7.82. The van der Waals surface area contributed by atoms with Crippen LogP contribution in [0.25, 0.3) is 0 Å². The number of benzene rings is 1. The van der Waals surface area contributed by atoms with Gasteiger partial charge in [0.05, 0.1) is 10.6 Å². The molecule has 7 heteroatoms. The Morgan fingerprint density at radius 1 is 1.13 bits per heavy atom. The summed E-state index contributed by atoms with van der Waals surface area (Å²) in [7, 11) is 0. The highest BCUT2D eigenvalue weighted by Crippen LogP contribution is 2.38. The van der Waals surface area contributed by atoms with Crippen molar-refractivity contribution in [3.63, 3.8) is 0 Å². The summed E-state index contributed by atoms with van der Waals surface area (Å²) in [6.07, 6.45) is 8.92. The first kappa shape index (κ1) is 21.7. The van der Waals surface area contributed by atoms with Crippen LogP contribution in [-0.4, -0.2) is 34.1 Å². The van der Waals surface area contributed by atoms with Crippen molar-refractivity contribution in [2.75, 3.05) is 13.1 Å². The monoisotopic (exact) mass is 436 g/mol. The van der Waals surface area contributed by atoms with E-state index in [-0.39, 0.29) is 12.4 Å². The van der Waals surface area contributed by atoms with Gasteiger partial charge in [0.25, 0.3) is 0 Å². The summed E-state index contributed by atoms with van der Waals surface area (Å²) in [5, 5.41) is 12.2. The first-order valence-electron chi connectivity index (χ1n) is 11.0. The molecular weight excluding hydrogens is 406 g/mol. The van der Waals surface area contributed by atoms with Gasteiger partial charge in [-0.15, -0.1) is 11.3 Å². The predicted octanol–water partition coefficient (Wildman–Crippen LogP) is 5.31. The van der Waals surface area contributed by atoms with E-state index in [0.717, 1.165) is 47.2 Å². The minimum absolute atomic E-state index is 0.221. The van der Waals surface area contributed by atoms with Gasteiger partial charge < -0.3 is 14.7 Å². The van der Waals surface area contributed by atoms with Crippen molar-refractivity contribution in [2.24, 2.45) is 0 Å². The molecule has 0 spiro atoms. The van der Waals surface area contributed by atoms with E-state index in [0.29, 0.717) is 18.9 Å². The molecule has 0 radical (unpaired) electrons. The Bertz CT molecular complexity index is 869. The molecular formula is C23H30F2N2O2S. The molecule has 2 aromatic rings. The average molecular weight is 437 g/mol. The molecule has 1 N–H and O–H groups in total. The molecule has 2 fully saturated rings. The van der Waals surface area contributed by atoms with Gasteiger partial charge in [-0.05, 0) is 57.7 Å². The van der Waals surface area contributed by atoms with E-state index in [2.05, 4.69) is 9.88 Å². The molecule has 0 amide bonds. The highest BCUT2D eigenvalue weighted by atomic mass is 32.1. The van der Waals surface area contributed by atoms with Crippen molar-refractivity contribution in [3.8, 4) is 5.75 Å². The van der Waals surface area contributed by atoms with Crippen molar-refractivity contribution in [2.45, 2.75) is 76.5 Å². The number of rotatable bonds is 5. The van der Waals surface area contributed by atoms with E-state index in [1.807, 2.05) is 6.92 Å². The lowest BCUT2D eigenvalue weighted by molar-refractivity contribution is 0.0188. The molecule has 1 aromatic carbocycles. The third kappa shape index (κ3) is 4.84. The Balaban J connectivity index is 1.41. The largest absolute Gasteiger partial charge is 0.488 e. The third-order valence-electron chi connectivity index (χ3n) is 6.49. The molecule has 4 nitrogen and oxygen atoms in total. The molecule has 164 valence electrons. The normalized spacial score (nSPS) is 24.0. The quantitative estimate of drug-likeness (QED) is 0.690. The lowest BCUT2D eigenvalue weighted by Crippen LogP contribution is -2.38. The second kappa shape index (κ2) is 9.28. The topological polar surface area (TPSA) is 45.6 Å². The van der Waals surface area contributed by atoms with E-state index < -0.39 is 17.2 Å². The first-order chi connectivity index (χ1) is 14.4. The van der Waals surface area contributed by atoms with Crippen molar-refractivity contribution in [1.29, 1.82) is 0 Å². The molecule has 1 saturated heterocycles. The van der Waals surface area contributed by atoms with E-state index in [1.54, 1.807) is 0 Å². The van der Waals surface area contributed by atoms with Crippen LogP contribution in [0.3, 0.4) is 0 Å². The van der Waals surface area contributed by atoms with Gasteiger partial charge in [-0.25, -0.2) is 13.8 Å². The number of thiazole rings is 1. The second-order valence-corrected chi connectivity index (χ2v) is 9.69. The van der Waals surface area contributed by atoms with Gasteiger partial charge in [0.15, 0.2) is 11.6 Å². The molecule has 1 saturated carbocycles. The maximum absolute atomic E-state index is 13.4. The summed E-state index contributed by atoms with van der Waals surface area (Å²) in [5.41, 5.74) is -0.0848. The molecule has 2 heterocycles. The fraction of sp³-hybridized carbons (Fsp3) is 0.609. The van der Waals surface area contributed by atoms with Crippen LogP contribution in [0, 0.1) is 18.6 Å². The predicted molar refractivity (Wildman–Crippen MR) is 114 cm³/mol. The number of halogens is 2. The van der Waals surface area contributed by atoms with Gasteiger partial charge in [0.1, 0.15) is 23.0 Å². The van der Waals surface area contributed by atoms with Gasteiger partial charge in [0, 0.05) is 18.7 Å². The fourth-order valence-corrected chi connectivity index (χ4v) is 5.76. The summed E-state index contributed by atoms with van der Waals surface area (Å²) >= 11 is 1.47. The Hall–Kier alpha value is -1.57. The van der Waals surface area contributed by atoms with Crippen LogP contribution in [0.2, 0.25) is 0 Å². The average Bonchev–Trinajstić information content (AvgIpc) is 3.01. The molecule has 1 aliphatic heterocycles. The van der Waals surface area contributed by atoms with Crippen LogP contribution in [0.1, 0.15) is 66.9 Å². The molecule has 4 rings (SSSR count). The van der Waals surface area contributed by atoms with E-state index >= 15 is 0 Å². The number of likely N-dealkylation sites (tertiary alicyclic amines) is 1. The van der Waals surface area contributed by atoms with Crippen LogP contribution < -0.4 is 4.74 Å². The van der Waals surface area contributed by atoms with Crippen molar-refractivity contribution < 1.29 is 18.6 Å². The van der Waals surface area contributed by atoms with Crippen molar-refractivity contribution in [1.82, 2.24) is 9.88 Å². The zero-order chi connectivity index (χ0) is 21.1. The molecule has 0 bridgehead atoms. The lowest BCUT2D eigenvalue weighted by atomic mass is 9.93. The van der Waals surface area contributed by atoms with E-state index in [1.165, 1.54) is 49.5 Å². The number of aromatic nitrogens is 1.